The van der Waals surface area contributed by atoms with Gasteiger partial charge in [0.25, 0.3) is 0 Å². The summed E-state index contributed by atoms with van der Waals surface area (Å²) in [6.07, 6.45) is 1.88. The van der Waals surface area contributed by atoms with Gasteiger partial charge in [0, 0.05) is 22.6 Å². The summed E-state index contributed by atoms with van der Waals surface area (Å²) in [5.74, 6) is 0. The van der Waals surface area contributed by atoms with Crippen LogP contribution >= 0.6 is 22.9 Å². The topological polar surface area (TPSA) is 17.3 Å². The van der Waals surface area contributed by atoms with Gasteiger partial charge in [-0.2, -0.15) is 0 Å². The summed E-state index contributed by atoms with van der Waals surface area (Å²) in [7, 11) is 0. The van der Waals surface area contributed by atoms with Crippen molar-refractivity contribution < 1.29 is 0 Å². The van der Waals surface area contributed by atoms with Crippen molar-refractivity contribution in [3.63, 3.8) is 0 Å². The molecule has 2 aromatic rings. The van der Waals surface area contributed by atoms with E-state index in [1.165, 1.54) is 5.69 Å². The second kappa shape index (κ2) is 5.34. The average Bonchev–Trinajstić information content (AvgIpc) is 2.65. The summed E-state index contributed by atoms with van der Waals surface area (Å²) in [5, 5.41) is 2.82. The van der Waals surface area contributed by atoms with E-state index < -0.39 is 0 Å². The van der Waals surface area contributed by atoms with Crippen LogP contribution < -0.4 is 4.80 Å². The number of hydrogen-bond acceptors (Lipinski definition) is 2. The first-order valence-electron chi connectivity index (χ1n) is 5.27. The molecule has 0 fully saturated rings. The monoisotopic (exact) mass is 264 g/mol. The fourth-order valence-electron chi connectivity index (χ4n) is 1.48. The Hall–Kier alpha value is -1.32. The Morgan fingerprint density at radius 2 is 2.12 bits per heavy atom. The molecule has 0 aliphatic carbocycles. The normalized spacial score (nSPS) is 11.8. The highest BCUT2D eigenvalue weighted by Crippen LogP contribution is 2.15. The van der Waals surface area contributed by atoms with Crippen molar-refractivity contribution >= 4 is 28.6 Å². The van der Waals surface area contributed by atoms with E-state index >= 15 is 0 Å². The number of nitrogens with zero attached hydrogens (tertiary/aromatic N) is 2. The lowest BCUT2D eigenvalue weighted by Crippen LogP contribution is -2.14. The summed E-state index contributed by atoms with van der Waals surface area (Å²) in [6, 6.07) is 7.52. The number of benzene rings is 1. The summed E-state index contributed by atoms with van der Waals surface area (Å²) < 4.78 is 2.13. The molecule has 0 aliphatic rings. The molecule has 88 valence electrons. The van der Waals surface area contributed by atoms with Gasteiger partial charge in [-0.3, -0.25) is 0 Å². The van der Waals surface area contributed by atoms with Crippen molar-refractivity contribution in [3.05, 3.63) is 57.8 Å². The molecule has 0 amide bonds. The van der Waals surface area contributed by atoms with Gasteiger partial charge in [-0.05, 0) is 31.2 Å². The minimum atomic E-state index is 0.727. The van der Waals surface area contributed by atoms with Crippen molar-refractivity contribution in [2.45, 2.75) is 13.5 Å². The average molecular weight is 265 g/mol. The van der Waals surface area contributed by atoms with E-state index in [0.717, 1.165) is 22.1 Å². The lowest BCUT2D eigenvalue weighted by molar-refractivity contribution is 0.761. The van der Waals surface area contributed by atoms with Crippen LogP contribution in [-0.2, 0) is 6.54 Å². The quantitative estimate of drug-likeness (QED) is 0.748. The van der Waals surface area contributed by atoms with E-state index in [1.54, 1.807) is 11.3 Å². The summed E-state index contributed by atoms with van der Waals surface area (Å²) in [5.41, 5.74) is 2.11. The summed E-state index contributed by atoms with van der Waals surface area (Å²) in [4.78, 5) is 5.57. The van der Waals surface area contributed by atoms with Crippen molar-refractivity contribution in [3.8, 4) is 0 Å². The zero-order chi connectivity index (χ0) is 12.3. The van der Waals surface area contributed by atoms with E-state index in [2.05, 4.69) is 28.4 Å². The van der Waals surface area contributed by atoms with Gasteiger partial charge in [0.2, 0.25) is 0 Å². The molecule has 1 heterocycles. The number of halogens is 1. The van der Waals surface area contributed by atoms with E-state index in [1.807, 2.05) is 30.3 Å². The molecule has 2 nitrogen and oxygen atoms in total. The molecule has 0 radical (unpaired) electrons. The SMILES string of the molecule is C=CCn1c(C)csc1=Nc1ccc(Cl)cc1. The van der Waals surface area contributed by atoms with Gasteiger partial charge >= 0.3 is 0 Å². The third-order valence-corrected chi connectivity index (χ3v) is 3.59. The minimum absolute atomic E-state index is 0.727. The number of aryl methyl sites for hydroxylation is 1. The van der Waals surface area contributed by atoms with Gasteiger partial charge in [-0.15, -0.1) is 17.9 Å². The van der Waals surface area contributed by atoms with Crippen molar-refractivity contribution in [1.29, 1.82) is 0 Å². The van der Waals surface area contributed by atoms with Crippen LogP contribution in [0.15, 0.2) is 47.3 Å². The summed E-state index contributed by atoms with van der Waals surface area (Å²) in [6.45, 7) is 6.61. The Kier molecular flexibility index (Phi) is 3.82. The molecule has 1 aromatic carbocycles. The predicted octanol–water partition coefficient (Wildman–Crippen LogP) is 3.93. The van der Waals surface area contributed by atoms with Crippen LogP contribution in [0.25, 0.3) is 0 Å². The van der Waals surface area contributed by atoms with Crippen LogP contribution in [0, 0.1) is 6.92 Å². The summed E-state index contributed by atoms with van der Waals surface area (Å²) >= 11 is 7.47. The molecule has 4 heteroatoms. The Balaban J connectivity index is 2.45. The Labute approximate surface area is 110 Å². The van der Waals surface area contributed by atoms with Crippen molar-refractivity contribution in [1.82, 2.24) is 4.57 Å². The molecule has 0 N–H and O–H groups in total. The maximum absolute atomic E-state index is 5.84. The third kappa shape index (κ3) is 2.87. The second-order valence-corrected chi connectivity index (χ2v) is 4.92. The first-order valence-corrected chi connectivity index (χ1v) is 6.52. The number of hydrogen-bond donors (Lipinski definition) is 0. The van der Waals surface area contributed by atoms with Gasteiger partial charge in [-0.25, -0.2) is 4.99 Å². The molecule has 2 rings (SSSR count). The smallest absolute Gasteiger partial charge is 0.190 e. The van der Waals surface area contributed by atoms with Gasteiger partial charge < -0.3 is 4.57 Å². The minimum Gasteiger partial charge on any atom is -0.317 e. The van der Waals surface area contributed by atoms with Crippen molar-refractivity contribution in [2.75, 3.05) is 0 Å². The highest BCUT2D eigenvalue weighted by Gasteiger charge is 1.99. The lowest BCUT2D eigenvalue weighted by Gasteiger charge is -2.00. The lowest BCUT2D eigenvalue weighted by atomic mass is 10.3. The van der Waals surface area contributed by atoms with Crippen LogP contribution in [0.3, 0.4) is 0 Å². The first-order chi connectivity index (χ1) is 8.20. The van der Waals surface area contributed by atoms with Crippen LogP contribution in [0.1, 0.15) is 5.69 Å². The van der Waals surface area contributed by atoms with Gasteiger partial charge in [-0.1, -0.05) is 17.7 Å². The zero-order valence-electron chi connectivity index (χ0n) is 9.56. The van der Waals surface area contributed by atoms with Crippen LogP contribution in [0.5, 0.6) is 0 Å². The second-order valence-electron chi connectivity index (χ2n) is 3.65. The van der Waals surface area contributed by atoms with E-state index in [4.69, 9.17) is 11.6 Å². The molecule has 0 unspecified atom stereocenters. The maximum Gasteiger partial charge on any atom is 0.190 e. The van der Waals surface area contributed by atoms with Crippen LogP contribution in [-0.4, -0.2) is 4.57 Å². The third-order valence-electron chi connectivity index (χ3n) is 2.35. The Morgan fingerprint density at radius 3 is 2.76 bits per heavy atom. The number of rotatable bonds is 3. The highest BCUT2D eigenvalue weighted by molar-refractivity contribution is 7.07. The molecule has 17 heavy (non-hydrogen) atoms. The van der Waals surface area contributed by atoms with Crippen molar-refractivity contribution in [2.24, 2.45) is 4.99 Å². The maximum atomic E-state index is 5.84. The molecular formula is C13H13ClN2S. The fourth-order valence-corrected chi connectivity index (χ4v) is 2.51. The standard InChI is InChI=1S/C13H13ClN2S/c1-3-8-16-10(2)9-17-13(16)15-12-6-4-11(14)5-7-12/h3-7,9H,1,8H2,2H3. The fraction of sp³-hybridized carbons (Fsp3) is 0.154. The van der Waals surface area contributed by atoms with Gasteiger partial charge in [0.05, 0.1) is 5.69 Å². The Bertz CT molecular complexity index is 578. The van der Waals surface area contributed by atoms with E-state index in [-0.39, 0.29) is 0 Å². The molecule has 1 aromatic heterocycles. The largest absolute Gasteiger partial charge is 0.317 e. The molecule has 0 saturated heterocycles. The van der Waals surface area contributed by atoms with E-state index in [0.29, 0.717) is 0 Å². The molecular weight excluding hydrogens is 252 g/mol. The van der Waals surface area contributed by atoms with Gasteiger partial charge in [0.1, 0.15) is 0 Å². The van der Waals surface area contributed by atoms with E-state index in [9.17, 15) is 0 Å². The molecule has 0 aliphatic heterocycles. The first kappa shape index (κ1) is 12.1. The molecule has 0 spiro atoms. The Morgan fingerprint density at radius 1 is 1.41 bits per heavy atom. The molecule has 0 atom stereocenters. The number of aromatic nitrogens is 1. The molecule has 0 saturated carbocycles. The molecule has 0 bridgehead atoms. The van der Waals surface area contributed by atoms with Crippen LogP contribution in [0.4, 0.5) is 5.69 Å². The predicted molar refractivity (Wildman–Crippen MR) is 73.9 cm³/mol. The van der Waals surface area contributed by atoms with Crippen LogP contribution in [0.2, 0.25) is 5.02 Å². The highest BCUT2D eigenvalue weighted by atomic mass is 35.5. The number of allylic oxidation sites excluding steroid dienone is 1. The van der Waals surface area contributed by atoms with Gasteiger partial charge in [0.15, 0.2) is 4.80 Å². The zero-order valence-corrected chi connectivity index (χ0v) is 11.1. The number of thiazole rings is 1.